The molecule has 0 saturated carbocycles. The van der Waals surface area contributed by atoms with Crippen molar-refractivity contribution in [3.8, 4) is 11.3 Å². The Bertz CT molecular complexity index is 885. The van der Waals surface area contributed by atoms with Crippen LogP contribution in [0.3, 0.4) is 0 Å². The number of likely N-dealkylation sites (tertiary alicyclic amines) is 1. The van der Waals surface area contributed by atoms with Gasteiger partial charge in [0, 0.05) is 43.4 Å². The molecule has 0 radical (unpaired) electrons. The van der Waals surface area contributed by atoms with E-state index in [4.69, 9.17) is 0 Å². The van der Waals surface area contributed by atoms with E-state index in [9.17, 15) is 9.59 Å². The molecule has 6 heteroatoms. The lowest BCUT2D eigenvalue weighted by molar-refractivity contribution is -0.144. The van der Waals surface area contributed by atoms with Crippen LogP contribution >= 0.6 is 0 Å². The summed E-state index contributed by atoms with van der Waals surface area (Å²) >= 11 is 0. The molecular formula is C26H38N4O2. The van der Waals surface area contributed by atoms with E-state index in [2.05, 4.69) is 28.4 Å². The van der Waals surface area contributed by atoms with Crippen LogP contribution in [0.4, 0.5) is 0 Å². The molecule has 174 valence electrons. The van der Waals surface area contributed by atoms with Gasteiger partial charge in [0.25, 0.3) is 0 Å². The Morgan fingerprint density at radius 3 is 2.62 bits per heavy atom. The van der Waals surface area contributed by atoms with Gasteiger partial charge in [-0.3, -0.25) is 14.7 Å². The van der Waals surface area contributed by atoms with Crippen LogP contribution in [0.25, 0.3) is 11.3 Å². The molecule has 2 amide bonds. The fraction of sp³-hybridized carbons (Fsp3) is 0.577. The third kappa shape index (κ3) is 6.44. The van der Waals surface area contributed by atoms with Gasteiger partial charge in [-0.25, -0.2) is 0 Å². The molecule has 32 heavy (non-hydrogen) atoms. The molecule has 0 aliphatic carbocycles. The SMILES string of the molecule is CN(CCCCCc1cc(-c2ccccc2)n[nH]1)C(=O)C1CCCN(C(=O)C(C)(C)C)C1. The van der Waals surface area contributed by atoms with Crippen molar-refractivity contribution >= 4 is 11.8 Å². The number of amides is 2. The number of hydrogen-bond donors (Lipinski definition) is 1. The zero-order valence-electron chi connectivity index (χ0n) is 20.1. The van der Waals surface area contributed by atoms with Gasteiger partial charge in [0.1, 0.15) is 0 Å². The van der Waals surface area contributed by atoms with Crippen molar-refractivity contribution in [2.24, 2.45) is 11.3 Å². The summed E-state index contributed by atoms with van der Waals surface area (Å²) < 4.78 is 0. The minimum Gasteiger partial charge on any atom is -0.345 e. The van der Waals surface area contributed by atoms with Crippen molar-refractivity contribution in [1.29, 1.82) is 0 Å². The van der Waals surface area contributed by atoms with Crippen LogP contribution in [-0.4, -0.2) is 58.5 Å². The number of carbonyl (C=O) groups excluding carboxylic acids is 2. The van der Waals surface area contributed by atoms with Gasteiger partial charge in [-0.2, -0.15) is 5.10 Å². The quantitative estimate of drug-likeness (QED) is 0.616. The van der Waals surface area contributed by atoms with E-state index in [1.807, 2.05) is 55.8 Å². The summed E-state index contributed by atoms with van der Waals surface area (Å²) in [4.78, 5) is 29.3. The summed E-state index contributed by atoms with van der Waals surface area (Å²) in [5.41, 5.74) is 2.87. The van der Waals surface area contributed by atoms with E-state index < -0.39 is 5.41 Å². The number of aryl methyl sites for hydroxylation is 1. The number of piperidine rings is 1. The highest BCUT2D eigenvalue weighted by atomic mass is 16.2. The molecule has 1 aromatic carbocycles. The van der Waals surface area contributed by atoms with Gasteiger partial charge in [0.2, 0.25) is 11.8 Å². The minimum atomic E-state index is -0.395. The zero-order valence-corrected chi connectivity index (χ0v) is 20.1. The van der Waals surface area contributed by atoms with Crippen LogP contribution in [0.5, 0.6) is 0 Å². The van der Waals surface area contributed by atoms with Gasteiger partial charge in [-0.1, -0.05) is 57.5 Å². The van der Waals surface area contributed by atoms with Crippen LogP contribution in [-0.2, 0) is 16.0 Å². The highest BCUT2D eigenvalue weighted by molar-refractivity contribution is 5.83. The van der Waals surface area contributed by atoms with Crippen LogP contribution < -0.4 is 0 Å². The normalized spacial score (nSPS) is 16.8. The van der Waals surface area contributed by atoms with Crippen molar-refractivity contribution in [2.75, 3.05) is 26.7 Å². The molecule has 3 rings (SSSR count). The summed E-state index contributed by atoms with van der Waals surface area (Å²) in [5.74, 6) is 0.255. The van der Waals surface area contributed by atoms with E-state index in [0.29, 0.717) is 6.54 Å². The maximum Gasteiger partial charge on any atom is 0.227 e. The molecule has 1 aromatic heterocycles. The standard InChI is InChI=1S/C26H38N4O2/c1-26(2,3)25(32)30-17-11-14-21(19-30)24(31)29(4)16-10-6-9-15-22-18-23(28-27-22)20-12-7-5-8-13-20/h5,7-8,12-13,18,21H,6,9-11,14-17,19H2,1-4H3,(H,27,28). The van der Waals surface area contributed by atoms with Gasteiger partial charge in [0.15, 0.2) is 0 Å². The third-order valence-corrected chi connectivity index (χ3v) is 6.22. The predicted molar refractivity (Wildman–Crippen MR) is 128 cm³/mol. The molecule has 2 aromatic rings. The molecule has 0 spiro atoms. The fourth-order valence-corrected chi connectivity index (χ4v) is 4.35. The minimum absolute atomic E-state index is 0.0681. The molecule has 6 nitrogen and oxygen atoms in total. The molecule has 2 heterocycles. The van der Waals surface area contributed by atoms with E-state index in [0.717, 1.165) is 68.6 Å². The van der Waals surface area contributed by atoms with Gasteiger partial charge in [-0.15, -0.1) is 0 Å². The number of benzene rings is 1. The average Bonchev–Trinajstić information content (AvgIpc) is 3.26. The molecule has 1 aliphatic rings. The van der Waals surface area contributed by atoms with E-state index in [1.165, 1.54) is 0 Å². The number of rotatable bonds is 8. The molecule has 1 saturated heterocycles. The topological polar surface area (TPSA) is 69.3 Å². The second kappa shape index (κ2) is 10.8. The van der Waals surface area contributed by atoms with Crippen molar-refractivity contribution in [1.82, 2.24) is 20.0 Å². The van der Waals surface area contributed by atoms with E-state index >= 15 is 0 Å². The lowest BCUT2D eigenvalue weighted by atomic mass is 9.90. The first-order valence-corrected chi connectivity index (χ1v) is 11.9. The summed E-state index contributed by atoms with van der Waals surface area (Å²) in [6.07, 6.45) is 5.86. The highest BCUT2D eigenvalue weighted by Gasteiger charge is 2.34. The Morgan fingerprint density at radius 1 is 1.16 bits per heavy atom. The number of aromatic amines is 1. The van der Waals surface area contributed by atoms with Gasteiger partial charge in [0.05, 0.1) is 11.6 Å². The molecule has 1 aliphatic heterocycles. The first-order valence-electron chi connectivity index (χ1n) is 11.9. The van der Waals surface area contributed by atoms with Crippen LogP contribution in [0.15, 0.2) is 36.4 Å². The predicted octanol–water partition coefficient (Wildman–Crippen LogP) is 4.53. The number of aromatic nitrogens is 2. The van der Waals surface area contributed by atoms with Gasteiger partial charge < -0.3 is 9.80 Å². The summed E-state index contributed by atoms with van der Waals surface area (Å²) in [6, 6.07) is 12.3. The van der Waals surface area contributed by atoms with Gasteiger partial charge >= 0.3 is 0 Å². The van der Waals surface area contributed by atoms with E-state index in [-0.39, 0.29) is 17.7 Å². The summed E-state index contributed by atoms with van der Waals surface area (Å²) in [6.45, 7) is 7.92. The molecule has 1 fully saturated rings. The maximum atomic E-state index is 12.9. The summed E-state index contributed by atoms with van der Waals surface area (Å²) in [5, 5.41) is 7.56. The summed E-state index contributed by atoms with van der Waals surface area (Å²) in [7, 11) is 1.90. The van der Waals surface area contributed by atoms with Crippen LogP contribution in [0, 0.1) is 11.3 Å². The smallest absolute Gasteiger partial charge is 0.227 e. The van der Waals surface area contributed by atoms with Crippen molar-refractivity contribution in [3.63, 3.8) is 0 Å². The first-order chi connectivity index (χ1) is 15.3. The largest absolute Gasteiger partial charge is 0.345 e. The lowest BCUT2D eigenvalue weighted by Gasteiger charge is -2.37. The number of unbranched alkanes of at least 4 members (excludes halogenated alkanes) is 2. The Morgan fingerprint density at radius 2 is 1.91 bits per heavy atom. The zero-order chi connectivity index (χ0) is 23.1. The fourth-order valence-electron chi connectivity index (χ4n) is 4.35. The van der Waals surface area contributed by atoms with Crippen molar-refractivity contribution < 1.29 is 9.59 Å². The van der Waals surface area contributed by atoms with Gasteiger partial charge in [-0.05, 0) is 38.2 Å². The Balaban J connectivity index is 1.37. The van der Waals surface area contributed by atoms with Crippen molar-refractivity contribution in [3.05, 3.63) is 42.1 Å². The first kappa shape index (κ1) is 24.0. The Hall–Kier alpha value is -2.63. The number of carbonyl (C=O) groups is 2. The number of hydrogen-bond acceptors (Lipinski definition) is 3. The van der Waals surface area contributed by atoms with Crippen LogP contribution in [0.2, 0.25) is 0 Å². The second-order valence-corrected chi connectivity index (χ2v) is 10.1. The monoisotopic (exact) mass is 438 g/mol. The molecule has 1 unspecified atom stereocenters. The maximum absolute atomic E-state index is 12.9. The Kier molecular flexibility index (Phi) is 8.10. The second-order valence-electron chi connectivity index (χ2n) is 10.1. The molecular weight excluding hydrogens is 400 g/mol. The third-order valence-electron chi connectivity index (χ3n) is 6.22. The number of nitrogens with one attached hydrogen (secondary N) is 1. The van der Waals surface area contributed by atoms with Crippen molar-refractivity contribution in [2.45, 2.75) is 59.3 Å². The lowest BCUT2D eigenvalue weighted by Crippen LogP contribution is -2.49. The number of H-pyrrole nitrogens is 1. The molecule has 1 N–H and O–H groups in total. The van der Waals surface area contributed by atoms with Crippen LogP contribution in [0.1, 0.15) is 58.6 Å². The average molecular weight is 439 g/mol. The molecule has 1 atom stereocenters. The Labute approximate surface area is 192 Å². The van der Waals surface area contributed by atoms with E-state index in [1.54, 1.807) is 0 Å². The molecule has 0 bridgehead atoms. The highest BCUT2D eigenvalue weighted by Crippen LogP contribution is 2.24. The number of nitrogens with zero attached hydrogens (tertiary/aromatic N) is 3.